The Morgan fingerprint density at radius 2 is 1.81 bits per heavy atom. The summed E-state index contributed by atoms with van der Waals surface area (Å²) in [6.45, 7) is 0. The van der Waals surface area contributed by atoms with Gasteiger partial charge in [-0.05, 0) is 53.3 Å². The highest BCUT2D eigenvalue weighted by Gasteiger charge is 2.24. The van der Waals surface area contributed by atoms with Crippen molar-refractivity contribution in [2.45, 2.75) is 18.9 Å². The molecule has 0 aromatic heterocycles. The van der Waals surface area contributed by atoms with Crippen LogP contribution in [0.3, 0.4) is 0 Å². The van der Waals surface area contributed by atoms with Crippen molar-refractivity contribution in [3.05, 3.63) is 57.6 Å². The van der Waals surface area contributed by atoms with Crippen molar-refractivity contribution in [2.75, 3.05) is 0 Å². The largest absolute Gasteiger partial charge is 0.465 e. The molecule has 0 heterocycles. The van der Waals surface area contributed by atoms with Crippen molar-refractivity contribution in [3.63, 3.8) is 0 Å². The van der Waals surface area contributed by atoms with Crippen LogP contribution in [0.2, 0.25) is 10.0 Å². The summed E-state index contributed by atoms with van der Waals surface area (Å²) in [7, 11) is 0. The zero-order valence-electron chi connectivity index (χ0n) is 11.1. The maximum Gasteiger partial charge on any atom is 0.405 e. The topological polar surface area (TPSA) is 49.3 Å². The van der Waals surface area contributed by atoms with E-state index in [1.54, 1.807) is 6.07 Å². The van der Waals surface area contributed by atoms with Crippen molar-refractivity contribution in [1.29, 1.82) is 0 Å². The molecule has 1 amide bonds. The maximum absolute atomic E-state index is 10.9. The van der Waals surface area contributed by atoms with E-state index in [9.17, 15) is 4.79 Å². The van der Waals surface area contributed by atoms with Crippen molar-refractivity contribution >= 4 is 29.3 Å². The van der Waals surface area contributed by atoms with Gasteiger partial charge in [-0.25, -0.2) is 4.79 Å². The molecule has 1 aliphatic rings. The molecule has 0 radical (unpaired) electrons. The minimum Gasteiger partial charge on any atom is -0.465 e. The molecule has 0 saturated heterocycles. The summed E-state index contributed by atoms with van der Waals surface area (Å²) in [6.07, 6.45) is 0.696. The number of benzene rings is 2. The fraction of sp³-hybridized carbons (Fsp3) is 0.188. The lowest BCUT2D eigenvalue weighted by Gasteiger charge is -2.13. The van der Waals surface area contributed by atoms with Gasteiger partial charge in [0.15, 0.2) is 0 Å². The smallest absolute Gasteiger partial charge is 0.405 e. The molecule has 2 aromatic rings. The fourth-order valence-corrected chi connectivity index (χ4v) is 3.05. The van der Waals surface area contributed by atoms with Gasteiger partial charge in [0.1, 0.15) is 0 Å². The third kappa shape index (κ3) is 2.85. The fourth-order valence-electron chi connectivity index (χ4n) is 2.76. The molecule has 0 spiro atoms. The summed E-state index contributed by atoms with van der Waals surface area (Å²) in [6, 6.07) is 11.5. The molecule has 3 rings (SSSR count). The van der Waals surface area contributed by atoms with Crippen molar-refractivity contribution in [1.82, 2.24) is 5.32 Å². The summed E-state index contributed by atoms with van der Waals surface area (Å²) in [5, 5.41) is 12.5. The van der Waals surface area contributed by atoms with Crippen LogP contribution in [0, 0.1) is 0 Å². The zero-order valence-corrected chi connectivity index (χ0v) is 12.6. The predicted molar refractivity (Wildman–Crippen MR) is 84.1 cm³/mol. The van der Waals surface area contributed by atoms with Gasteiger partial charge in [-0.1, -0.05) is 41.4 Å². The standard InChI is InChI=1S/C16H13Cl2NO2/c17-13-5-3-11(8-14(13)18)10-2-1-9-4-6-15(12(9)7-10)19-16(20)21/h1-3,5,7-8,15,19H,4,6H2,(H,20,21). The van der Waals surface area contributed by atoms with Gasteiger partial charge in [-0.2, -0.15) is 0 Å². The van der Waals surface area contributed by atoms with Gasteiger partial charge < -0.3 is 10.4 Å². The van der Waals surface area contributed by atoms with Crippen molar-refractivity contribution in [3.8, 4) is 11.1 Å². The van der Waals surface area contributed by atoms with Crippen LogP contribution >= 0.6 is 23.2 Å². The van der Waals surface area contributed by atoms with Crippen LogP contribution in [0.15, 0.2) is 36.4 Å². The van der Waals surface area contributed by atoms with E-state index in [1.807, 2.05) is 24.3 Å². The molecule has 2 N–H and O–H groups in total. The third-order valence-corrected chi connectivity index (χ3v) is 4.51. The van der Waals surface area contributed by atoms with E-state index in [4.69, 9.17) is 28.3 Å². The lowest BCUT2D eigenvalue weighted by atomic mass is 9.99. The molecule has 108 valence electrons. The van der Waals surface area contributed by atoms with E-state index in [0.29, 0.717) is 10.0 Å². The molecule has 0 saturated carbocycles. The lowest BCUT2D eigenvalue weighted by Crippen LogP contribution is -2.24. The number of carbonyl (C=O) groups is 1. The minimum atomic E-state index is -0.993. The number of fused-ring (bicyclic) bond motifs is 1. The molecule has 21 heavy (non-hydrogen) atoms. The lowest BCUT2D eigenvalue weighted by molar-refractivity contribution is 0.190. The van der Waals surface area contributed by atoms with Gasteiger partial charge in [-0.15, -0.1) is 0 Å². The Kier molecular flexibility index (Phi) is 3.79. The summed E-state index contributed by atoms with van der Waals surface area (Å²) >= 11 is 12.0. The molecule has 0 aliphatic heterocycles. The van der Waals surface area contributed by atoms with E-state index in [-0.39, 0.29) is 6.04 Å². The average Bonchev–Trinajstić information content (AvgIpc) is 2.84. The number of amides is 1. The zero-order chi connectivity index (χ0) is 15.0. The minimum absolute atomic E-state index is 0.139. The van der Waals surface area contributed by atoms with Gasteiger partial charge in [-0.3, -0.25) is 0 Å². The Bertz CT molecular complexity index is 715. The summed E-state index contributed by atoms with van der Waals surface area (Å²) in [5.74, 6) is 0. The number of carboxylic acid groups (broad SMARTS) is 1. The molecule has 5 heteroatoms. The molecule has 0 bridgehead atoms. The Balaban J connectivity index is 1.98. The number of hydrogen-bond donors (Lipinski definition) is 2. The first-order chi connectivity index (χ1) is 10.0. The van der Waals surface area contributed by atoms with E-state index < -0.39 is 6.09 Å². The first kappa shape index (κ1) is 14.2. The highest BCUT2D eigenvalue weighted by Crippen LogP contribution is 2.35. The molecule has 3 nitrogen and oxygen atoms in total. The van der Waals surface area contributed by atoms with Gasteiger partial charge in [0.2, 0.25) is 0 Å². The first-order valence-electron chi connectivity index (χ1n) is 6.62. The van der Waals surface area contributed by atoms with Crippen LogP contribution < -0.4 is 5.32 Å². The SMILES string of the molecule is O=C(O)NC1CCc2ccc(-c3ccc(Cl)c(Cl)c3)cc21. The van der Waals surface area contributed by atoms with E-state index in [2.05, 4.69) is 11.4 Å². The van der Waals surface area contributed by atoms with Gasteiger partial charge in [0, 0.05) is 0 Å². The number of halogens is 2. The van der Waals surface area contributed by atoms with E-state index >= 15 is 0 Å². The van der Waals surface area contributed by atoms with Gasteiger partial charge in [0.25, 0.3) is 0 Å². The monoisotopic (exact) mass is 321 g/mol. The normalized spacial score (nSPS) is 16.6. The highest BCUT2D eigenvalue weighted by atomic mass is 35.5. The summed E-state index contributed by atoms with van der Waals surface area (Å²) < 4.78 is 0. The van der Waals surface area contributed by atoms with Gasteiger partial charge >= 0.3 is 6.09 Å². The third-order valence-electron chi connectivity index (χ3n) is 3.77. The molecule has 1 atom stereocenters. The summed E-state index contributed by atoms with van der Waals surface area (Å²) in [5.41, 5.74) is 4.21. The quantitative estimate of drug-likeness (QED) is 0.825. The second kappa shape index (κ2) is 5.58. The van der Waals surface area contributed by atoms with Crippen molar-refractivity contribution in [2.24, 2.45) is 0 Å². The number of rotatable bonds is 2. The number of nitrogens with one attached hydrogen (secondary N) is 1. The predicted octanol–water partition coefficient (Wildman–Crippen LogP) is 4.92. The Morgan fingerprint density at radius 3 is 2.52 bits per heavy atom. The summed E-state index contributed by atoms with van der Waals surface area (Å²) in [4.78, 5) is 10.9. The van der Waals surface area contributed by atoms with Crippen LogP contribution in [-0.2, 0) is 6.42 Å². The molecule has 2 aromatic carbocycles. The molecule has 1 unspecified atom stereocenters. The molecular formula is C16H13Cl2NO2. The first-order valence-corrected chi connectivity index (χ1v) is 7.38. The van der Waals surface area contributed by atoms with Crippen molar-refractivity contribution < 1.29 is 9.90 Å². The second-order valence-corrected chi connectivity index (χ2v) is 5.90. The Morgan fingerprint density at radius 1 is 1.10 bits per heavy atom. The highest BCUT2D eigenvalue weighted by molar-refractivity contribution is 6.42. The Hall–Kier alpha value is -1.71. The molecule has 1 aliphatic carbocycles. The second-order valence-electron chi connectivity index (χ2n) is 5.08. The van der Waals surface area contributed by atoms with E-state index in [1.165, 1.54) is 5.56 Å². The van der Waals surface area contributed by atoms with Gasteiger partial charge in [0.05, 0.1) is 16.1 Å². The van der Waals surface area contributed by atoms with Crippen LogP contribution in [0.5, 0.6) is 0 Å². The molecule has 0 fully saturated rings. The van der Waals surface area contributed by atoms with Crippen LogP contribution in [0.1, 0.15) is 23.6 Å². The molecular weight excluding hydrogens is 309 g/mol. The maximum atomic E-state index is 10.9. The van der Waals surface area contributed by atoms with Crippen LogP contribution in [0.4, 0.5) is 4.79 Å². The Labute approximate surface area is 132 Å². The van der Waals surface area contributed by atoms with Crippen LogP contribution in [0.25, 0.3) is 11.1 Å². The van der Waals surface area contributed by atoms with E-state index in [0.717, 1.165) is 29.5 Å². The number of aryl methyl sites for hydroxylation is 1. The number of hydrogen-bond acceptors (Lipinski definition) is 1. The van der Waals surface area contributed by atoms with Crippen LogP contribution in [-0.4, -0.2) is 11.2 Å². The average molecular weight is 322 g/mol.